The van der Waals surface area contributed by atoms with Gasteiger partial charge in [-0.2, -0.15) is 0 Å². The Bertz CT molecular complexity index is 353. The highest BCUT2D eigenvalue weighted by Crippen LogP contribution is 2.18. The van der Waals surface area contributed by atoms with Crippen molar-refractivity contribution in [3.8, 4) is 11.3 Å². The molecule has 0 aliphatic heterocycles. The van der Waals surface area contributed by atoms with E-state index in [9.17, 15) is 0 Å². The molecule has 0 atom stereocenters. The third-order valence-corrected chi connectivity index (χ3v) is 1.83. The molecule has 2 aromatic rings. The normalized spacial score (nSPS) is 10.1. The third kappa shape index (κ3) is 1.34. The number of hydrogen-bond acceptors (Lipinski definition) is 2. The molecule has 2 nitrogen and oxygen atoms in total. The summed E-state index contributed by atoms with van der Waals surface area (Å²) in [5.74, 6) is 0. The van der Waals surface area contributed by atoms with Crippen molar-refractivity contribution in [2.45, 2.75) is 0 Å². The molecule has 0 saturated carbocycles. The van der Waals surface area contributed by atoms with Crippen LogP contribution < -0.4 is 0 Å². The first-order valence-electron chi connectivity index (χ1n) is 3.52. The van der Waals surface area contributed by atoms with Crippen molar-refractivity contribution in [3.63, 3.8) is 0 Å². The molecule has 0 aliphatic carbocycles. The van der Waals surface area contributed by atoms with Crippen LogP contribution in [-0.4, -0.2) is 5.16 Å². The molecule has 0 unspecified atom stereocenters. The van der Waals surface area contributed by atoms with Gasteiger partial charge in [0.05, 0.1) is 0 Å². The van der Waals surface area contributed by atoms with Gasteiger partial charge in [0.15, 0.2) is 0 Å². The maximum absolute atomic E-state index is 5.73. The topological polar surface area (TPSA) is 26.0 Å². The van der Waals surface area contributed by atoms with Crippen LogP contribution in [0.2, 0.25) is 5.02 Å². The van der Waals surface area contributed by atoms with E-state index in [0.717, 1.165) is 16.3 Å². The van der Waals surface area contributed by atoms with E-state index in [1.807, 2.05) is 30.3 Å². The van der Waals surface area contributed by atoms with E-state index < -0.39 is 0 Å². The molecule has 0 bridgehead atoms. The second kappa shape index (κ2) is 2.99. The summed E-state index contributed by atoms with van der Waals surface area (Å²) in [6.45, 7) is 0. The molecular weight excluding hydrogens is 174 g/mol. The van der Waals surface area contributed by atoms with Crippen molar-refractivity contribution in [3.05, 3.63) is 41.6 Å². The summed E-state index contributed by atoms with van der Waals surface area (Å²) in [5.41, 5.74) is 1.83. The second-order valence-corrected chi connectivity index (χ2v) is 2.83. The summed E-state index contributed by atoms with van der Waals surface area (Å²) in [6.07, 6.45) is 1.55. The molecule has 0 N–H and O–H groups in total. The Morgan fingerprint density at radius 1 is 1.08 bits per heavy atom. The summed E-state index contributed by atoms with van der Waals surface area (Å²) in [5, 5.41) is 4.52. The zero-order valence-electron chi connectivity index (χ0n) is 6.20. The number of nitrogens with zero attached hydrogens (tertiary/aromatic N) is 1. The lowest BCUT2D eigenvalue weighted by molar-refractivity contribution is 0.422. The Morgan fingerprint density at radius 2 is 1.83 bits per heavy atom. The molecule has 0 radical (unpaired) electrons. The van der Waals surface area contributed by atoms with Gasteiger partial charge >= 0.3 is 0 Å². The van der Waals surface area contributed by atoms with Crippen LogP contribution in [0.1, 0.15) is 0 Å². The molecule has 0 amide bonds. The Kier molecular flexibility index (Phi) is 1.84. The molecule has 2 rings (SSSR count). The first kappa shape index (κ1) is 7.37. The fourth-order valence-corrected chi connectivity index (χ4v) is 1.11. The molecule has 60 valence electrons. The smallest absolute Gasteiger partial charge is 0.124 e. The van der Waals surface area contributed by atoms with Crippen LogP contribution in [0.3, 0.4) is 0 Å². The minimum absolute atomic E-state index is 0.724. The van der Waals surface area contributed by atoms with Crippen LogP contribution >= 0.6 is 11.6 Å². The Labute approximate surface area is 74.8 Å². The molecule has 0 saturated heterocycles. The monoisotopic (exact) mass is 179 g/mol. The van der Waals surface area contributed by atoms with Gasteiger partial charge in [-0.05, 0) is 12.1 Å². The summed E-state index contributed by atoms with van der Waals surface area (Å²) >= 11 is 5.73. The van der Waals surface area contributed by atoms with E-state index in [4.69, 9.17) is 16.1 Å². The molecule has 12 heavy (non-hydrogen) atoms. The molecule has 0 spiro atoms. The van der Waals surface area contributed by atoms with Crippen LogP contribution in [0.15, 0.2) is 41.1 Å². The number of benzene rings is 1. The summed E-state index contributed by atoms with van der Waals surface area (Å²) in [6, 6.07) is 9.26. The van der Waals surface area contributed by atoms with Crippen molar-refractivity contribution in [2.75, 3.05) is 0 Å². The average molecular weight is 180 g/mol. The average Bonchev–Trinajstić information content (AvgIpc) is 2.58. The van der Waals surface area contributed by atoms with E-state index >= 15 is 0 Å². The maximum atomic E-state index is 5.73. The van der Waals surface area contributed by atoms with Gasteiger partial charge in [-0.1, -0.05) is 28.9 Å². The Hall–Kier alpha value is -1.28. The molecular formula is C9H6ClNO. The number of hydrogen-bond donors (Lipinski definition) is 0. The zero-order valence-corrected chi connectivity index (χ0v) is 6.95. The Morgan fingerprint density at radius 3 is 2.42 bits per heavy atom. The fourth-order valence-electron chi connectivity index (χ4n) is 0.982. The van der Waals surface area contributed by atoms with E-state index in [-0.39, 0.29) is 0 Å². The first-order valence-corrected chi connectivity index (χ1v) is 3.90. The lowest BCUT2D eigenvalue weighted by Gasteiger charge is -1.93. The van der Waals surface area contributed by atoms with Crippen molar-refractivity contribution in [1.29, 1.82) is 0 Å². The van der Waals surface area contributed by atoms with Gasteiger partial charge in [0, 0.05) is 16.7 Å². The predicted molar refractivity (Wildman–Crippen MR) is 46.9 cm³/mol. The lowest BCUT2D eigenvalue weighted by Crippen LogP contribution is -1.74. The standard InChI is InChI=1S/C9H6ClNO/c10-8-3-1-7(2-4-8)9-5-6-12-11-9/h1-6H. The maximum Gasteiger partial charge on any atom is 0.124 e. The fraction of sp³-hybridized carbons (Fsp3) is 0. The SMILES string of the molecule is Clc1ccc(-c2ccon2)cc1. The minimum Gasteiger partial charge on any atom is -0.364 e. The van der Waals surface area contributed by atoms with Gasteiger partial charge in [-0.15, -0.1) is 0 Å². The molecule has 1 aromatic carbocycles. The van der Waals surface area contributed by atoms with Gasteiger partial charge in [0.2, 0.25) is 0 Å². The van der Waals surface area contributed by atoms with Crippen LogP contribution in [-0.2, 0) is 0 Å². The first-order chi connectivity index (χ1) is 5.86. The summed E-state index contributed by atoms with van der Waals surface area (Å²) in [4.78, 5) is 0. The quantitative estimate of drug-likeness (QED) is 0.673. The largest absolute Gasteiger partial charge is 0.364 e. The van der Waals surface area contributed by atoms with Crippen LogP contribution in [0, 0.1) is 0 Å². The van der Waals surface area contributed by atoms with Crippen molar-refractivity contribution >= 4 is 11.6 Å². The molecule has 1 aromatic heterocycles. The Balaban J connectivity index is 2.43. The van der Waals surface area contributed by atoms with Gasteiger partial charge in [-0.3, -0.25) is 0 Å². The minimum atomic E-state index is 0.724. The molecule has 1 heterocycles. The lowest BCUT2D eigenvalue weighted by atomic mass is 10.2. The van der Waals surface area contributed by atoms with E-state index in [2.05, 4.69) is 5.16 Å². The van der Waals surface area contributed by atoms with Crippen molar-refractivity contribution in [1.82, 2.24) is 5.16 Å². The van der Waals surface area contributed by atoms with Crippen LogP contribution in [0.5, 0.6) is 0 Å². The van der Waals surface area contributed by atoms with Gasteiger partial charge < -0.3 is 4.52 Å². The third-order valence-electron chi connectivity index (χ3n) is 1.58. The van der Waals surface area contributed by atoms with Gasteiger partial charge in [0.25, 0.3) is 0 Å². The molecule has 3 heteroatoms. The van der Waals surface area contributed by atoms with E-state index in [1.54, 1.807) is 6.26 Å². The van der Waals surface area contributed by atoms with Crippen LogP contribution in [0.4, 0.5) is 0 Å². The summed E-state index contributed by atoms with van der Waals surface area (Å²) in [7, 11) is 0. The molecule has 0 fully saturated rings. The highest BCUT2D eigenvalue weighted by atomic mass is 35.5. The number of halogens is 1. The number of rotatable bonds is 1. The van der Waals surface area contributed by atoms with Gasteiger partial charge in [0.1, 0.15) is 12.0 Å². The number of aromatic nitrogens is 1. The second-order valence-electron chi connectivity index (χ2n) is 2.39. The molecule has 0 aliphatic rings. The highest BCUT2D eigenvalue weighted by Gasteiger charge is 1.98. The summed E-state index contributed by atoms with van der Waals surface area (Å²) < 4.78 is 4.72. The van der Waals surface area contributed by atoms with E-state index in [0.29, 0.717) is 0 Å². The van der Waals surface area contributed by atoms with Crippen LogP contribution in [0.25, 0.3) is 11.3 Å². The van der Waals surface area contributed by atoms with E-state index in [1.165, 1.54) is 0 Å². The predicted octanol–water partition coefficient (Wildman–Crippen LogP) is 3.00. The van der Waals surface area contributed by atoms with Crippen molar-refractivity contribution < 1.29 is 4.52 Å². The van der Waals surface area contributed by atoms with Crippen molar-refractivity contribution in [2.24, 2.45) is 0 Å². The highest BCUT2D eigenvalue weighted by molar-refractivity contribution is 6.30. The van der Waals surface area contributed by atoms with Gasteiger partial charge in [-0.25, -0.2) is 0 Å². The zero-order chi connectivity index (χ0) is 8.39.